The van der Waals surface area contributed by atoms with E-state index in [0.29, 0.717) is 17.8 Å². The number of primary sulfonamides is 1. The Morgan fingerprint density at radius 3 is 2.56 bits per heavy atom. The van der Waals surface area contributed by atoms with E-state index in [-0.39, 0.29) is 4.90 Å². The average Bonchev–Trinajstić information content (AvgIpc) is 2.95. The van der Waals surface area contributed by atoms with Crippen LogP contribution in [0.5, 0.6) is 0 Å². The summed E-state index contributed by atoms with van der Waals surface area (Å²) in [4.78, 5) is 25.5. The number of fused-ring (bicyclic) bond motifs is 3. The first-order chi connectivity index (χ1) is 12.8. The second kappa shape index (κ2) is 6.22. The smallest absolute Gasteiger partial charge is 0.257 e. The Balaban J connectivity index is 1.91. The Bertz CT molecular complexity index is 1060. The molecule has 0 aliphatic carbocycles. The van der Waals surface area contributed by atoms with Gasteiger partial charge in [0, 0.05) is 18.7 Å². The molecule has 8 nitrogen and oxygen atoms in total. The molecule has 9 heteroatoms. The first kappa shape index (κ1) is 17.8. The van der Waals surface area contributed by atoms with E-state index in [9.17, 15) is 18.1 Å². The number of carbonyl (C=O) groups is 1. The van der Waals surface area contributed by atoms with Crippen molar-refractivity contribution >= 4 is 21.6 Å². The first-order valence-electron chi connectivity index (χ1n) is 8.43. The maximum Gasteiger partial charge on any atom is 0.257 e. The minimum atomic E-state index is -3.77. The molecule has 2 heterocycles. The summed E-state index contributed by atoms with van der Waals surface area (Å²) in [7, 11) is -1.78. The van der Waals surface area contributed by atoms with Gasteiger partial charge in [-0.05, 0) is 53.9 Å². The maximum absolute atomic E-state index is 12.1. The number of rotatable bonds is 3. The van der Waals surface area contributed by atoms with Crippen molar-refractivity contribution < 1.29 is 13.2 Å². The van der Waals surface area contributed by atoms with Crippen LogP contribution in [-0.4, -0.2) is 32.8 Å². The van der Waals surface area contributed by atoms with Crippen LogP contribution in [0.4, 0.5) is 5.69 Å². The van der Waals surface area contributed by atoms with Crippen LogP contribution in [0.15, 0.2) is 40.4 Å². The van der Waals surface area contributed by atoms with Gasteiger partial charge in [-0.1, -0.05) is 17.3 Å². The number of likely N-dealkylation sites (N-methyl/N-ethyl adjacent to an activating group) is 1. The van der Waals surface area contributed by atoms with E-state index in [4.69, 9.17) is 5.14 Å². The van der Waals surface area contributed by atoms with Crippen LogP contribution >= 0.6 is 0 Å². The Labute approximate surface area is 156 Å². The second-order valence-corrected chi connectivity index (χ2v) is 8.46. The molecule has 0 aromatic heterocycles. The third-order valence-electron chi connectivity index (χ3n) is 5.14. The van der Waals surface area contributed by atoms with Gasteiger partial charge in [-0.3, -0.25) is 4.79 Å². The van der Waals surface area contributed by atoms with Crippen LogP contribution in [0.25, 0.3) is 11.1 Å². The lowest BCUT2D eigenvalue weighted by Gasteiger charge is -2.29. The van der Waals surface area contributed by atoms with E-state index in [1.165, 1.54) is 12.1 Å². The third kappa shape index (κ3) is 2.93. The van der Waals surface area contributed by atoms with Gasteiger partial charge < -0.3 is 10.2 Å². The normalized spacial score (nSPS) is 19.3. The lowest BCUT2D eigenvalue weighted by Crippen LogP contribution is -2.27. The highest BCUT2D eigenvalue weighted by Crippen LogP contribution is 2.44. The highest BCUT2D eigenvalue weighted by molar-refractivity contribution is 7.89. The Morgan fingerprint density at radius 2 is 1.93 bits per heavy atom. The number of nitroso groups, excluding NO2 is 1. The highest BCUT2D eigenvalue weighted by atomic mass is 32.2. The van der Waals surface area contributed by atoms with Crippen LogP contribution in [0.3, 0.4) is 0 Å². The number of nitrogens with one attached hydrogen (secondary N) is 1. The van der Waals surface area contributed by atoms with Crippen LogP contribution < -0.4 is 10.5 Å². The summed E-state index contributed by atoms with van der Waals surface area (Å²) in [6, 6.07) is 7.03. The molecule has 1 amide bonds. The molecular formula is C18H18N4O4S. The zero-order valence-electron chi connectivity index (χ0n) is 14.6. The number of anilines is 1. The number of hydrogen-bond acceptors (Lipinski definition) is 6. The first-order valence-corrected chi connectivity index (χ1v) is 9.98. The fraction of sp³-hybridized carbons (Fsp3) is 0.278. The van der Waals surface area contributed by atoms with Crippen molar-refractivity contribution in [3.63, 3.8) is 0 Å². The van der Waals surface area contributed by atoms with Crippen LogP contribution in [0.1, 0.15) is 22.7 Å². The van der Waals surface area contributed by atoms with Gasteiger partial charge in [0.15, 0.2) is 6.04 Å². The van der Waals surface area contributed by atoms with E-state index in [1.807, 2.05) is 13.1 Å². The molecule has 3 N–H and O–H groups in total. The summed E-state index contributed by atoms with van der Waals surface area (Å²) in [5.41, 5.74) is 4.98. The number of hydrogen-bond donors (Lipinski definition) is 2. The molecule has 0 saturated heterocycles. The molecule has 0 bridgehead atoms. The zero-order valence-corrected chi connectivity index (χ0v) is 15.4. The number of sulfonamides is 1. The van der Waals surface area contributed by atoms with E-state index < -0.39 is 22.0 Å². The molecule has 0 saturated carbocycles. The molecule has 27 heavy (non-hydrogen) atoms. The summed E-state index contributed by atoms with van der Waals surface area (Å²) in [6.07, 6.45) is 0.778. The highest BCUT2D eigenvalue weighted by Gasteiger charge is 2.36. The topological polar surface area (TPSA) is 122 Å². The van der Waals surface area contributed by atoms with E-state index in [0.717, 1.165) is 35.2 Å². The number of nitrogens with two attached hydrogens (primary N) is 1. The summed E-state index contributed by atoms with van der Waals surface area (Å²) < 4.78 is 23.0. The van der Waals surface area contributed by atoms with Crippen molar-refractivity contribution in [2.24, 2.45) is 10.3 Å². The Morgan fingerprint density at radius 1 is 1.22 bits per heavy atom. The van der Waals surface area contributed by atoms with E-state index in [2.05, 4.69) is 15.4 Å². The largest absolute Gasteiger partial charge is 0.323 e. The molecule has 0 fully saturated rings. The SMILES string of the molecule is CN1CCc2c(-c3ccc(S(N)(=O)=O)cc3)cc3c(c2C1)NC(=O)C3N=O. The molecule has 1 unspecified atom stereocenters. The predicted octanol–water partition coefficient (Wildman–Crippen LogP) is 1.75. The van der Waals surface area contributed by atoms with E-state index in [1.54, 1.807) is 12.1 Å². The fourth-order valence-corrected chi connectivity index (χ4v) is 4.31. The zero-order chi connectivity index (χ0) is 19.3. The van der Waals surface area contributed by atoms with Crippen molar-refractivity contribution in [2.45, 2.75) is 23.9 Å². The van der Waals surface area contributed by atoms with Crippen molar-refractivity contribution in [1.82, 2.24) is 4.90 Å². The molecule has 2 aliphatic heterocycles. The summed E-state index contributed by atoms with van der Waals surface area (Å²) in [5, 5.41) is 11.0. The number of benzene rings is 2. The second-order valence-electron chi connectivity index (χ2n) is 6.90. The molecule has 0 radical (unpaired) electrons. The number of amides is 1. The Hall–Kier alpha value is -2.62. The van der Waals surface area contributed by atoms with Crippen molar-refractivity contribution in [3.8, 4) is 11.1 Å². The lowest BCUT2D eigenvalue weighted by atomic mass is 9.87. The lowest BCUT2D eigenvalue weighted by molar-refractivity contribution is -0.116. The molecule has 0 spiro atoms. The molecule has 1 atom stereocenters. The quantitative estimate of drug-likeness (QED) is 0.778. The van der Waals surface area contributed by atoms with Gasteiger partial charge in [-0.25, -0.2) is 13.6 Å². The van der Waals surface area contributed by atoms with Crippen LogP contribution in [-0.2, 0) is 27.8 Å². The van der Waals surface area contributed by atoms with Crippen LogP contribution in [0, 0.1) is 4.91 Å². The average molecular weight is 386 g/mol. The molecule has 2 aromatic carbocycles. The fourth-order valence-electron chi connectivity index (χ4n) is 3.80. The maximum atomic E-state index is 12.1. The van der Waals surface area contributed by atoms with Crippen molar-refractivity contribution in [2.75, 3.05) is 18.9 Å². The minimum Gasteiger partial charge on any atom is -0.323 e. The van der Waals surface area contributed by atoms with Gasteiger partial charge in [-0.2, -0.15) is 0 Å². The van der Waals surface area contributed by atoms with Gasteiger partial charge >= 0.3 is 0 Å². The van der Waals surface area contributed by atoms with Gasteiger partial charge in [0.1, 0.15) is 0 Å². The summed E-state index contributed by atoms with van der Waals surface area (Å²) >= 11 is 0. The summed E-state index contributed by atoms with van der Waals surface area (Å²) in [6.45, 7) is 1.50. The van der Waals surface area contributed by atoms with Gasteiger partial charge in [-0.15, -0.1) is 4.91 Å². The monoisotopic (exact) mass is 386 g/mol. The van der Waals surface area contributed by atoms with Crippen molar-refractivity contribution in [1.29, 1.82) is 0 Å². The third-order valence-corrected chi connectivity index (χ3v) is 6.07. The summed E-state index contributed by atoms with van der Waals surface area (Å²) in [5.74, 6) is -0.419. The number of carbonyl (C=O) groups excluding carboxylic acids is 1. The molecular weight excluding hydrogens is 368 g/mol. The van der Waals surface area contributed by atoms with Gasteiger partial charge in [0.05, 0.1) is 10.6 Å². The van der Waals surface area contributed by atoms with Gasteiger partial charge in [0.2, 0.25) is 10.0 Å². The van der Waals surface area contributed by atoms with E-state index >= 15 is 0 Å². The van der Waals surface area contributed by atoms with Gasteiger partial charge in [0.25, 0.3) is 5.91 Å². The predicted molar refractivity (Wildman–Crippen MR) is 100 cm³/mol. The number of nitrogens with zero attached hydrogens (tertiary/aromatic N) is 2. The standard InChI is InChI=1S/C18H18N4O4S/c1-22-7-6-12-13(10-2-4-11(5-3-10)27(19,25)26)8-14-16(15(12)9-22)20-18(23)17(14)21-24/h2-5,8,17H,6-7,9H2,1H3,(H,20,23)(H2,19,25,26). The molecule has 2 aliphatic rings. The molecule has 4 rings (SSSR count). The van der Waals surface area contributed by atoms with Crippen LogP contribution in [0.2, 0.25) is 0 Å². The minimum absolute atomic E-state index is 0.0327. The Kier molecular flexibility index (Phi) is 4.10. The molecule has 140 valence electrons. The van der Waals surface area contributed by atoms with Crippen molar-refractivity contribution in [3.05, 3.63) is 51.9 Å². The molecule has 2 aromatic rings.